The van der Waals surface area contributed by atoms with Crippen molar-refractivity contribution in [2.45, 2.75) is 18.7 Å². The Hall–Kier alpha value is -3.90. The summed E-state index contributed by atoms with van der Waals surface area (Å²) in [6, 6.07) is 15.4. The summed E-state index contributed by atoms with van der Waals surface area (Å²) in [6.45, 7) is 4.41. The molecule has 0 radical (unpaired) electrons. The zero-order chi connectivity index (χ0) is 25.5. The van der Waals surface area contributed by atoms with Gasteiger partial charge in [0, 0.05) is 24.2 Å². The maximum atomic E-state index is 12.9. The molecule has 2 aromatic carbocycles. The van der Waals surface area contributed by atoms with Crippen LogP contribution in [0.4, 0.5) is 0 Å². The second-order valence-corrected chi connectivity index (χ2v) is 9.15. The quantitative estimate of drug-likeness (QED) is 0.285. The van der Waals surface area contributed by atoms with Crippen LogP contribution < -0.4 is 23.7 Å². The summed E-state index contributed by atoms with van der Waals surface area (Å²) in [5, 5.41) is 12.8. The van der Waals surface area contributed by atoms with Crippen molar-refractivity contribution in [3.05, 3.63) is 54.6 Å². The highest BCUT2D eigenvalue weighted by Gasteiger charge is 2.21. The standard InChI is InChI=1S/C24H27N5O6S/c1-4-33-19-9-10-20(34-5-2)21(16-19)36(30,31)25-13-14-35-23-12-11-22-26-27-24(29(22)28-23)17-7-6-8-18(15-17)32-3/h6-12,15-16,25H,4-5,13-14H2,1-3H3. The Morgan fingerprint density at radius 1 is 0.917 bits per heavy atom. The van der Waals surface area contributed by atoms with E-state index in [1.54, 1.807) is 42.8 Å². The number of rotatable bonds is 12. The van der Waals surface area contributed by atoms with Crippen LogP contribution >= 0.6 is 0 Å². The molecule has 0 bridgehead atoms. The van der Waals surface area contributed by atoms with Gasteiger partial charge in [0.25, 0.3) is 0 Å². The molecule has 0 spiro atoms. The van der Waals surface area contributed by atoms with Crippen LogP contribution in [0.15, 0.2) is 59.5 Å². The third kappa shape index (κ3) is 5.66. The molecule has 2 aromatic heterocycles. The van der Waals surface area contributed by atoms with E-state index in [9.17, 15) is 8.42 Å². The number of methoxy groups -OCH3 is 1. The molecule has 0 amide bonds. The predicted molar refractivity (Wildman–Crippen MR) is 132 cm³/mol. The molecule has 4 aromatic rings. The number of sulfonamides is 1. The summed E-state index contributed by atoms with van der Waals surface area (Å²) >= 11 is 0. The van der Waals surface area contributed by atoms with Crippen LogP contribution in [-0.2, 0) is 10.0 Å². The Balaban J connectivity index is 1.45. The molecule has 0 fully saturated rings. The average molecular weight is 514 g/mol. The molecular formula is C24H27N5O6S. The summed E-state index contributed by atoms with van der Waals surface area (Å²) in [7, 11) is -2.29. The molecule has 11 nitrogen and oxygen atoms in total. The largest absolute Gasteiger partial charge is 0.497 e. The van der Waals surface area contributed by atoms with E-state index in [1.165, 1.54) is 6.07 Å². The van der Waals surface area contributed by atoms with Gasteiger partial charge in [-0.15, -0.1) is 15.3 Å². The van der Waals surface area contributed by atoms with Gasteiger partial charge in [-0.2, -0.15) is 4.52 Å². The fourth-order valence-electron chi connectivity index (χ4n) is 3.43. The van der Waals surface area contributed by atoms with Crippen molar-refractivity contribution >= 4 is 15.7 Å². The first-order valence-electron chi connectivity index (χ1n) is 11.3. The molecule has 190 valence electrons. The van der Waals surface area contributed by atoms with E-state index in [1.807, 2.05) is 31.2 Å². The maximum Gasteiger partial charge on any atom is 0.244 e. The van der Waals surface area contributed by atoms with Gasteiger partial charge in [0.1, 0.15) is 28.8 Å². The maximum absolute atomic E-state index is 12.9. The van der Waals surface area contributed by atoms with Gasteiger partial charge >= 0.3 is 0 Å². The first-order valence-corrected chi connectivity index (χ1v) is 12.8. The third-order valence-electron chi connectivity index (χ3n) is 5.03. The van der Waals surface area contributed by atoms with E-state index < -0.39 is 10.0 Å². The minimum atomic E-state index is -3.88. The summed E-state index contributed by atoms with van der Waals surface area (Å²) in [6.07, 6.45) is 0. The average Bonchev–Trinajstić information content (AvgIpc) is 3.31. The molecule has 0 aliphatic carbocycles. The molecule has 2 heterocycles. The lowest BCUT2D eigenvalue weighted by molar-refractivity contribution is 0.305. The molecule has 0 saturated carbocycles. The third-order valence-corrected chi connectivity index (χ3v) is 6.51. The van der Waals surface area contributed by atoms with Crippen molar-refractivity contribution in [3.63, 3.8) is 0 Å². The van der Waals surface area contributed by atoms with Crippen molar-refractivity contribution < 1.29 is 27.4 Å². The van der Waals surface area contributed by atoms with E-state index in [2.05, 4.69) is 20.0 Å². The van der Waals surface area contributed by atoms with E-state index in [-0.39, 0.29) is 23.8 Å². The van der Waals surface area contributed by atoms with Crippen LogP contribution in [0.2, 0.25) is 0 Å². The fourth-order valence-corrected chi connectivity index (χ4v) is 4.60. The topological polar surface area (TPSA) is 126 Å². The van der Waals surface area contributed by atoms with Gasteiger partial charge in [-0.3, -0.25) is 0 Å². The molecule has 0 aliphatic heterocycles. The number of nitrogens with one attached hydrogen (secondary N) is 1. The summed E-state index contributed by atoms with van der Waals surface area (Å²) in [4.78, 5) is 0.00210. The fraction of sp³-hybridized carbons (Fsp3) is 0.292. The monoisotopic (exact) mass is 513 g/mol. The van der Waals surface area contributed by atoms with Crippen molar-refractivity contribution in [2.75, 3.05) is 33.5 Å². The Kier molecular flexibility index (Phi) is 7.86. The smallest absolute Gasteiger partial charge is 0.244 e. The molecule has 36 heavy (non-hydrogen) atoms. The zero-order valence-electron chi connectivity index (χ0n) is 20.2. The van der Waals surface area contributed by atoms with Crippen molar-refractivity contribution in [2.24, 2.45) is 0 Å². The SMILES string of the molecule is CCOc1ccc(OCC)c(S(=O)(=O)NCCOc2ccc3nnc(-c4cccc(OC)c4)n3n2)c1. The first kappa shape index (κ1) is 25.2. The Morgan fingerprint density at radius 2 is 1.75 bits per heavy atom. The minimum absolute atomic E-state index is 0.00210. The van der Waals surface area contributed by atoms with Crippen molar-refractivity contribution in [1.82, 2.24) is 24.5 Å². The Labute approximate surface area is 209 Å². The lowest BCUT2D eigenvalue weighted by atomic mass is 10.2. The molecular weight excluding hydrogens is 486 g/mol. The molecule has 1 N–H and O–H groups in total. The van der Waals surface area contributed by atoms with Crippen LogP contribution in [0.25, 0.3) is 17.0 Å². The van der Waals surface area contributed by atoms with Gasteiger partial charge in [-0.25, -0.2) is 13.1 Å². The Morgan fingerprint density at radius 3 is 2.53 bits per heavy atom. The van der Waals surface area contributed by atoms with E-state index >= 15 is 0 Å². The number of hydrogen-bond donors (Lipinski definition) is 1. The minimum Gasteiger partial charge on any atom is -0.497 e. The van der Waals surface area contributed by atoms with Gasteiger partial charge in [-0.05, 0) is 44.2 Å². The van der Waals surface area contributed by atoms with Gasteiger partial charge < -0.3 is 18.9 Å². The zero-order valence-corrected chi connectivity index (χ0v) is 21.0. The van der Waals surface area contributed by atoms with Crippen LogP contribution in [0.3, 0.4) is 0 Å². The number of nitrogens with zero attached hydrogens (tertiary/aromatic N) is 4. The number of fused-ring (bicyclic) bond motifs is 1. The first-order chi connectivity index (χ1) is 17.4. The highest BCUT2D eigenvalue weighted by molar-refractivity contribution is 7.89. The van der Waals surface area contributed by atoms with Crippen molar-refractivity contribution in [3.8, 4) is 34.5 Å². The highest BCUT2D eigenvalue weighted by Crippen LogP contribution is 2.28. The highest BCUT2D eigenvalue weighted by atomic mass is 32.2. The molecule has 4 rings (SSSR count). The van der Waals surface area contributed by atoms with Crippen LogP contribution in [0.1, 0.15) is 13.8 Å². The van der Waals surface area contributed by atoms with E-state index in [0.717, 1.165) is 5.56 Å². The molecule has 12 heteroatoms. The Bertz CT molecular complexity index is 1440. The van der Waals surface area contributed by atoms with Crippen molar-refractivity contribution in [1.29, 1.82) is 0 Å². The predicted octanol–water partition coefficient (Wildman–Crippen LogP) is 2.95. The van der Waals surface area contributed by atoms with Gasteiger partial charge in [0.05, 0.1) is 20.3 Å². The molecule has 0 atom stereocenters. The summed E-state index contributed by atoms with van der Waals surface area (Å²) in [5.74, 6) is 2.19. The van der Waals surface area contributed by atoms with Crippen LogP contribution in [-0.4, -0.2) is 61.7 Å². The number of hydrogen-bond acceptors (Lipinski definition) is 9. The number of aromatic nitrogens is 4. The lowest BCUT2D eigenvalue weighted by Gasteiger charge is -2.14. The molecule has 0 aliphatic rings. The molecule has 0 saturated heterocycles. The summed E-state index contributed by atoms with van der Waals surface area (Å²) < 4.78 is 51.9. The second-order valence-electron chi connectivity index (χ2n) is 7.42. The van der Waals surface area contributed by atoms with E-state index in [4.69, 9.17) is 18.9 Å². The number of benzene rings is 2. The lowest BCUT2D eigenvalue weighted by Crippen LogP contribution is -2.29. The van der Waals surface area contributed by atoms with Crippen LogP contribution in [0, 0.1) is 0 Å². The number of ether oxygens (including phenoxy) is 4. The van der Waals surface area contributed by atoms with E-state index in [0.29, 0.717) is 42.1 Å². The van der Waals surface area contributed by atoms with Gasteiger partial charge in [0.2, 0.25) is 15.9 Å². The second kappa shape index (κ2) is 11.2. The van der Waals surface area contributed by atoms with Crippen LogP contribution in [0.5, 0.6) is 23.1 Å². The summed E-state index contributed by atoms with van der Waals surface area (Å²) in [5.41, 5.74) is 1.32. The normalized spacial score (nSPS) is 11.4. The molecule has 0 unspecified atom stereocenters. The van der Waals surface area contributed by atoms with Gasteiger partial charge in [-0.1, -0.05) is 12.1 Å². The van der Waals surface area contributed by atoms with Gasteiger partial charge in [0.15, 0.2) is 11.5 Å².